The van der Waals surface area contributed by atoms with Gasteiger partial charge in [-0.2, -0.15) is 0 Å². The monoisotopic (exact) mass is 355 g/mol. The first kappa shape index (κ1) is 19.8. The zero-order valence-corrected chi connectivity index (χ0v) is 15.8. The number of hydrogen-bond donors (Lipinski definition) is 1. The molecule has 0 aliphatic heterocycles. The second-order valence-corrected chi connectivity index (χ2v) is 6.27. The van der Waals surface area contributed by atoms with Gasteiger partial charge in [-0.1, -0.05) is 51.3 Å². The van der Waals surface area contributed by atoms with Gasteiger partial charge in [0.1, 0.15) is 11.5 Å². The predicted octanol–water partition coefficient (Wildman–Crippen LogP) is 5.23. The van der Waals surface area contributed by atoms with Gasteiger partial charge in [-0.3, -0.25) is 4.79 Å². The Labute approximate surface area is 156 Å². The van der Waals surface area contributed by atoms with Gasteiger partial charge in [-0.15, -0.1) is 0 Å². The Morgan fingerprint density at radius 1 is 0.923 bits per heavy atom. The second-order valence-electron chi connectivity index (χ2n) is 6.27. The van der Waals surface area contributed by atoms with Gasteiger partial charge in [0.15, 0.2) is 6.61 Å². The Morgan fingerprint density at radius 3 is 2.35 bits per heavy atom. The molecule has 0 heterocycles. The summed E-state index contributed by atoms with van der Waals surface area (Å²) in [6.07, 6.45) is 5.68. The molecule has 1 amide bonds. The lowest BCUT2D eigenvalue weighted by Crippen LogP contribution is -2.20. The Morgan fingerprint density at radius 2 is 1.65 bits per heavy atom. The Kier molecular flexibility index (Phi) is 8.53. The van der Waals surface area contributed by atoms with E-state index >= 15 is 0 Å². The quantitative estimate of drug-likeness (QED) is 0.562. The molecule has 0 aliphatic rings. The lowest BCUT2D eigenvalue weighted by atomic mass is 10.1. The number of ether oxygens (including phenoxy) is 2. The number of carbonyl (C=O) groups excluding carboxylic acids is 1. The van der Waals surface area contributed by atoms with Crippen LogP contribution in [0.1, 0.15) is 45.1 Å². The first-order chi connectivity index (χ1) is 12.7. The van der Waals surface area contributed by atoms with Crippen molar-refractivity contribution in [3.63, 3.8) is 0 Å². The molecular formula is C22H29NO3. The lowest BCUT2D eigenvalue weighted by Gasteiger charge is -2.10. The molecule has 0 aliphatic carbocycles. The van der Waals surface area contributed by atoms with Gasteiger partial charge in [0.25, 0.3) is 5.91 Å². The van der Waals surface area contributed by atoms with Crippen LogP contribution >= 0.6 is 0 Å². The molecule has 140 valence electrons. The standard InChI is InChI=1S/C22H29NO3/c1-3-5-6-7-15-25-20-9-8-10-21(16-20)26-17-22(24)23-19-13-11-18(4-2)12-14-19/h8-14,16H,3-7,15,17H2,1-2H3,(H,23,24). The van der Waals surface area contributed by atoms with E-state index in [0.717, 1.165) is 24.3 Å². The van der Waals surface area contributed by atoms with Crippen molar-refractivity contribution in [3.8, 4) is 11.5 Å². The molecule has 2 aromatic rings. The highest BCUT2D eigenvalue weighted by Gasteiger charge is 2.05. The molecule has 0 radical (unpaired) electrons. The molecule has 1 N–H and O–H groups in total. The van der Waals surface area contributed by atoms with Crippen LogP contribution in [0.3, 0.4) is 0 Å². The normalized spacial score (nSPS) is 10.4. The summed E-state index contributed by atoms with van der Waals surface area (Å²) in [5, 5.41) is 2.84. The van der Waals surface area contributed by atoms with Gasteiger partial charge in [-0.25, -0.2) is 0 Å². The third-order valence-electron chi connectivity index (χ3n) is 4.09. The summed E-state index contributed by atoms with van der Waals surface area (Å²) in [6, 6.07) is 15.3. The fourth-order valence-electron chi connectivity index (χ4n) is 2.54. The number of carbonyl (C=O) groups is 1. The van der Waals surface area contributed by atoms with Gasteiger partial charge >= 0.3 is 0 Å². The molecule has 0 fully saturated rings. The van der Waals surface area contributed by atoms with E-state index in [1.165, 1.54) is 24.8 Å². The summed E-state index contributed by atoms with van der Waals surface area (Å²) >= 11 is 0. The van der Waals surface area contributed by atoms with Crippen LogP contribution in [-0.2, 0) is 11.2 Å². The molecule has 0 saturated heterocycles. The molecule has 2 aromatic carbocycles. The number of aryl methyl sites for hydroxylation is 1. The number of anilines is 1. The van der Waals surface area contributed by atoms with E-state index in [0.29, 0.717) is 12.4 Å². The molecule has 4 nitrogen and oxygen atoms in total. The van der Waals surface area contributed by atoms with Crippen LogP contribution in [0.2, 0.25) is 0 Å². The molecule has 0 saturated carbocycles. The molecule has 0 spiro atoms. The Balaban J connectivity index is 1.75. The second kappa shape index (κ2) is 11.2. The van der Waals surface area contributed by atoms with Crippen LogP contribution in [0.4, 0.5) is 5.69 Å². The number of rotatable bonds is 11. The van der Waals surface area contributed by atoms with E-state index in [2.05, 4.69) is 19.2 Å². The van der Waals surface area contributed by atoms with Gasteiger partial charge in [0.05, 0.1) is 6.61 Å². The highest BCUT2D eigenvalue weighted by Crippen LogP contribution is 2.20. The first-order valence-electron chi connectivity index (χ1n) is 9.45. The van der Waals surface area contributed by atoms with Gasteiger partial charge in [0, 0.05) is 11.8 Å². The maximum absolute atomic E-state index is 12.0. The summed E-state index contributed by atoms with van der Waals surface area (Å²) in [7, 11) is 0. The van der Waals surface area contributed by atoms with Crippen LogP contribution < -0.4 is 14.8 Å². The predicted molar refractivity (Wildman–Crippen MR) is 106 cm³/mol. The van der Waals surface area contributed by atoms with E-state index in [4.69, 9.17) is 9.47 Å². The third-order valence-corrected chi connectivity index (χ3v) is 4.09. The number of hydrogen-bond acceptors (Lipinski definition) is 3. The number of unbranched alkanes of at least 4 members (excludes halogenated alkanes) is 3. The van der Waals surface area contributed by atoms with Crippen molar-refractivity contribution in [2.75, 3.05) is 18.5 Å². The van der Waals surface area contributed by atoms with E-state index in [-0.39, 0.29) is 12.5 Å². The molecular weight excluding hydrogens is 326 g/mol. The molecule has 0 bridgehead atoms. The van der Waals surface area contributed by atoms with Crippen molar-refractivity contribution in [1.29, 1.82) is 0 Å². The van der Waals surface area contributed by atoms with Crippen LogP contribution in [-0.4, -0.2) is 19.1 Å². The molecule has 26 heavy (non-hydrogen) atoms. The fraction of sp³-hybridized carbons (Fsp3) is 0.409. The Bertz CT molecular complexity index is 667. The zero-order chi connectivity index (χ0) is 18.6. The first-order valence-corrected chi connectivity index (χ1v) is 9.45. The summed E-state index contributed by atoms with van der Waals surface area (Å²) in [5.74, 6) is 1.22. The van der Waals surface area contributed by atoms with E-state index in [9.17, 15) is 4.79 Å². The fourth-order valence-corrected chi connectivity index (χ4v) is 2.54. The topological polar surface area (TPSA) is 47.6 Å². The number of amides is 1. The zero-order valence-electron chi connectivity index (χ0n) is 15.8. The smallest absolute Gasteiger partial charge is 0.262 e. The summed E-state index contributed by atoms with van der Waals surface area (Å²) in [6.45, 7) is 4.97. The highest BCUT2D eigenvalue weighted by molar-refractivity contribution is 5.91. The van der Waals surface area contributed by atoms with Crippen LogP contribution in [0.5, 0.6) is 11.5 Å². The van der Waals surface area contributed by atoms with Crippen LogP contribution in [0.15, 0.2) is 48.5 Å². The summed E-state index contributed by atoms with van der Waals surface area (Å²) in [5.41, 5.74) is 2.02. The van der Waals surface area contributed by atoms with Crippen molar-refractivity contribution < 1.29 is 14.3 Å². The number of benzene rings is 2. The van der Waals surface area contributed by atoms with Crippen LogP contribution in [0.25, 0.3) is 0 Å². The van der Waals surface area contributed by atoms with E-state index in [1.807, 2.05) is 48.5 Å². The molecule has 2 rings (SSSR count). The average molecular weight is 355 g/mol. The highest BCUT2D eigenvalue weighted by atomic mass is 16.5. The average Bonchev–Trinajstić information content (AvgIpc) is 2.67. The van der Waals surface area contributed by atoms with Crippen molar-refractivity contribution in [2.45, 2.75) is 46.0 Å². The summed E-state index contributed by atoms with van der Waals surface area (Å²) < 4.78 is 11.3. The molecule has 0 unspecified atom stereocenters. The van der Waals surface area contributed by atoms with Crippen LogP contribution in [0, 0.1) is 0 Å². The molecule has 4 heteroatoms. The Hall–Kier alpha value is -2.49. The number of nitrogens with one attached hydrogen (secondary N) is 1. The summed E-state index contributed by atoms with van der Waals surface area (Å²) in [4.78, 5) is 12.0. The van der Waals surface area contributed by atoms with Crippen molar-refractivity contribution >= 4 is 11.6 Å². The minimum atomic E-state index is -0.180. The van der Waals surface area contributed by atoms with E-state index in [1.54, 1.807) is 0 Å². The largest absolute Gasteiger partial charge is 0.493 e. The van der Waals surface area contributed by atoms with Crippen molar-refractivity contribution in [3.05, 3.63) is 54.1 Å². The lowest BCUT2D eigenvalue weighted by molar-refractivity contribution is -0.118. The van der Waals surface area contributed by atoms with E-state index < -0.39 is 0 Å². The minimum absolute atomic E-state index is 0.0323. The van der Waals surface area contributed by atoms with Gasteiger partial charge < -0.3 is 14.8 Å². The van der Waals surface area contributed by atoms with Crippen molar-refractivity contribution in [1.82, 2.24) is 0 Å². The molecule has 0 atom stereocenters. The molecule has 0 aromatic heterocycles. The maximum atomic E-state index is 12.0. The SMILES string of the molecule is CCCCCCOc1cccc(OCC(=O)Nc2ccc(CC)cc2)c1. The minimum Gasteiger partial charge on any atom is -0.493 e. The van der Waals surface area contributed by atoms with Gasteiger partial charge in [0.2, 0.25) is 0 Å². The van der Waals surface area contributed by atoms with Gasteiger partial charge in [-0.05, 0) is 42.7 Å². The maximum Gasteiger partial charge on any atom is 0.262 e. The third kappa shape index (κ3) is 7.18. The van der Waals surface area contributed by atoms with Crippen molar-refractivity contribution in [2.24, 2.45) is 0 Å².